The predicted octanol–water partition coefficient (Wildman–Crippen LogP) is 3.42. The van der Waals surface area contributed by atoms with Gasteiger partial charge < -0.3 is 14.8 Å². The zero-order chi connectivity index (χ0) is 23.3. The molecule has 2 aromatic carbocycles. The average molecular weight is 455 g/mol. The summed E-state index contributed by atoms with van der Waals surface area (Å²) in [5.41, 5.74) is 3.01. The van der Waals surface area contributed by atoms with Crippen LogP contribution in [0.5, 0.6) is 0 Å². The quantitative estimate of drug-likeness (QED) is 0.464. The monoisotopic (exact) mass is 454 g/mol. The molecule has 3 heterocycles. The summed E-state index contributed by atoms with van der Waals surface area (Å²) >= 11 is 0. The van der Waals surface area contributed by atoms with Gasteiger partial charge in [0.05, 0.1) is 5.56 Å². The van der Waals surface area contributed by atoms with Gasteiger partial charge in [0.25, 0.3) is 5.91 Å². The standard InChI is InChI=1S/C27H30N6O/c1-21(18-31-14-16-32(17-15-31)27-28-12-7-13-29-27)30-26(34)24-20-33(19-22-8-3-2-4-9-22)25-11-6-5-10-23(24)25/h2-13,20-21H,14-19H2,1H3,(H,30,34). The minimum absolute atomic E-state index is 0.0215. The summed E-state index contributed by atoms with van der Waals surface area (Å²) in [6.07, 6.45) is 5.55. The molecule has 0 spiro atoms. The lowest BCUT2D eigenvalue weighted by molar-refractivity contribution is 0.0929. The molecule has 1 unspecified atom stereocenters. The largest absolute Gasteiger partial charge is 0.348 e. The van der Waals surface area contributed by atoms with Gasteiger partial charge in [-0.1, -0.05) is 48.5 Å². The van der Waals surface area contributed by atoms with Crippen molar-refractivity contribution in [1.82, 2.24) is 24.8 Å². The second kappa shape index (κ2) is 10.1. The molecule has 1 atom stereocenters. The third kappa shape index (κ3) is 4.94. The highest BCUT2D eigenvalue weighted by molar-refractivity contribution is 6.07. The summed E-state index contributed by atoms with van der Waals surface area (Å²) < 4.78 is 2.16. The van der Waals surface area contributed by atoms with E-state index in [4.69, 9.17) is 0 Å². The number of hydrogen-bond acceptors (Lipinski definition) is 5. The van der Waals surface area contributed by atoms with E-state index in [2.05, 4.69) is 54.8 Å². The fourth-order valence-electron chi connectivity index (χ4n) is 4.66. The molecule has 1 aliphatic rings. The van der Waals surface area contributed by atoms with Crippen LogP contribution in [0.3, 0.4) is 0 Å². The number of hydrogen-bond donors (Lipinski definition) is 1. The van der Waals surface area contributed by atoms with Crippen molar-refractivity contribution < 1.29 is 4.79 Å². The molecule has 1 aliphatic heterocycles. The lowest BCUT2D eigenvalue weighted by Gasteiger charge is -2.35. The Morgan fingerprint density at radius 3 is 2.41 bits per heavy atom. The van der Waals surface area contributed by atoms with Crippen LogP contribution in [0.4, 0.5) is 5.95 Å². The third-order valence-electron chi connectivity index (χ3n) is 6.35. The number of amides is 1. The van der Waals surface area contributed by atoms with Crippen molar-refractivity contribution in [1.29, 1.82) is 0 Å². The lowest BCUT2D eigenvalue weighted by Crippen LogP contribution is -2.51. The summed E-state index contributed by atoms with van der Waals surface area (Å²) in [6, 6.07) is 20.3. The molecule has 1 amide bonds. The maximum absolute atomic E-state index is 13.2. The van der Waals surface area contributed by atoms with Crippen LogP contribution in [-0.4, -0.2) is 64.1 Å². The Morgan fingerprint density at radius 2 is 1.65 bits per heavy atom. The Balaban J connectivity index is 1.22. The van der Waals surface area contributed by atoms with Crippen LogP contribution in [0, 0.1) is 0 Å². The smallest absolute Gasteiger partial charge is 0.253 e. The van der Waals surface area contributed by atoms with Gasteiger partial charge in [-0.2, -0.15) is 0 Å². The van der Waals surface area contributed by atoms with Gasteiger partial charge in [-0.3, -0.25) is 9.69 Å². The van der Waals surface area contributed by atoms with Crippen LogP contribution in [0.2, 0.25) is 0 Å². The number of fused-ring (bicyclic) bond motifs is 1. The van der Waals surface area contributed by atoms with Gasteiger partial charge in [-0.25, -0.2) is 9.97 Å². The molecule has 174 valence electrons. The van der Waals surface area contributed by atoms with E-state index >= 15 is 0 Å². The van der Waals surface area contributed by atoms with Crippen molar-refractivity contribution >= 4 is 22.8 Å². The van der Waals surface area contributed by atoms with Crippen molar-refractivity contribution in [3.05, 3.63) is 90.4 Å². The van der Waals surface area contributed by atoms with Crippen LogP contribution in [0.25, 0.3) is 10.9 Å². The summed E-state index contributed by atoms with van der Waals surface area (Å²) in [5, 5.41) is 4.21. The van der Waals surface area contributed by atoms with Crippen LogP contribution in [0.15, 0.2) is 79.3 Å². The molecule has 0 saturated carbocycles. The molecule has 7 heteroatoms. The summed E-state index contributed by atoms with van der Waals surface area (Å²) in [5.74, 6) is 0.766. The van der Waals surface area contributed by atoms with E-state index < -0.39 is 0 Å². The molecule has 7 nitrogen and oxygen atoms in total. The fraction of sp³-hybridized carbons (Fsp3) is 0.296. The minimum Gasteiger partial charge on any atom is -0.348 e. The van der Waals surface area contributed by atoms with Crippen LogP contribution < -0.4 is 10.2 Å². The third-order valence-corrected chi connectivity index (χ3v) is 6.35. The molecule has 5 rings (SSSR count). The van der Waals surface area contributed by atoms with Crippen LogP contribution in [-0.2, 0) is 6.54 Å². The first-order valence-corrected chi connectivity index (χ1v) is 11.8. The number of nitrogens with zero attached hydrogens (tertiary/aromatic N) is 5. The predicted molar refractivity (Wildman–Crippen MR) is 135 cm³/mol. The Morgan fingerprint density at radius 1 is 0.941 bits per heavy atom. The van der Waals surface area contributed by atoms with Gasteiger partial charge in [0.1, 0.15) is 0 Å². The molecule has 0 radical (unpaired) electrons. The summed E-state index contributed by atoms with van der Waals surface area (Å²) in [4.78, 5) is 26.6. The van der Waals surface area contributed by atoms with E-state index in [1.54, 1.807) is 12.4 Å². The molecule has 2 aromatic heterocycles. The van der Waals surface area contributed by atoms with Crippen molar-refractivity contribution in [2.75, 3.05) is 37.6 Å². The van der Waals surface area contributed by atoms with E-state index in [1.807, 2.05) is 48.7 Å². The van der Waals surface area contributed by atoms with E-state index in [9.17, 15) is 4.79 Å². The second-order valence-corrected chi connectivity index (χ2v) is 8.88. The van der Waals surface area contributed by atoms with Gasteiger partial charge >= 0.3 is 0 Å². The van der Waals surface area contributed by atoms with Gasteiger partial charge in [0.2, 0.25) is 5.95 Å². The van der Waals surface area contributed by atoms with Crippen molar-refractivity contribution in [2.24, 2.45) is 0 Å². The Kier molecular flexibility index (Phi) is 6.53. The molecular formula is C27H30N6O. The van der Waals surface area contributed by atoms with Gasteiger partial charge in [-0.15, -0.1) is 0 Å². The zero-order valence-electron chi connectivity index (χ0n) is 19.5. The number of benzene rings is 2. The Hall–Kier alpha value is -3.71. The molecule has 4 aromatic rings. The number of anilines is 1. The van der Waals surface area contributed by atoms with Crippen LogP contribution in [0.1, 0.15) is 22.8 Å². The molecule has 0 bridgehead atoms. The molecule has 1 fully saturated rings. The number of carbonyl (C=O) groups is 1. The van der Waals surface area contributed by atoms with Gasteiger partial charge in [0, 0.05) is 74.8 Å². The number of piperazine rings is 1. The fourth-order valence-corrected chi connectivity index (χ4v) is 4.66. The first-order chi connectivity index (χ1) is 16.7. The van der Waals surface area contributed by atoms with Gasteiger partial charge in [0.15, 0.2) is 0 Å². The first kappa shape index (κ1) is 22.1. The SMILES string of the molecule is CC(CN1CCN(c2ncccn2)CC1)NC(=O)c1cn(Cc2ccccc2)c2ccccc12. The number of rotatable bonds is 7. The van der Waals surface area contributed by atoms with Gasteiger partial charge in [-0.05, 0) is 24.6 Å². The highest BCUT2D eigenvalue weighted by Crippen LogP contribution is 2.23. The van der Waals surface area contributed by atoms with Crippen molar-refractivity contribution in [3.8, 4) is 0 Å². The maximum atomic E-state index is 13.2. The first-order valence-electron chi connectivity index (χ1n) is 11.8. The second-order valence-electron chi connectivity index (χ2n) is 8.88. The average Bonchev–Trinajstić information content (AvgIpc) is 3.24. The minimum atomic E-state index is -0.0215. The topological polar surface area (TPSA) is 66.3 Å². The molecule has 1 N–H and O–H groups in total. The number of nitrogens with one attached hydrogen (secondary N) is 1. The van der Waals surface area contributed by atoms with E-state index in [0.29, 0.717) is 0 Å². The molecule has 1 saturated heterocycles. The van der Waals surface area contributed by atoms with Crippen molar-refractivity contribution in [2.45, 2.75) is 19.5 Å². The number of para-hydroxylation sites is 1. The normalized spacial score (nSPS) is 15.4. The summed E-state index contributed by atoms with van der Waals surface area (Å²) in [7, 11) is 0. The van der Waals surface area contributed by atoms with Crippen molar-refractivity contribution in [3.63, 3.8) is 0 Å². The molecule has 34 heavy (non-hydrogen) atoms. The Labute approximate surface area is 200 Å². The van der Waals surface area contributed by atoms with E-state index in [0.717, 1.165) is 61.7 Å². The summed E-state index contributed by atoms with van der Waals surface area (Å²) in [6.45, 7) is 7.25. The van der Waals surface area contributed by atoms with E-state index in [-0.39, 0.29) is 11.9 Å². The highest BCUT2D eigenvalue weighted by Gasteiger charge is 2.22. The maximum Gasteiger partial charge on any atom is 0.253 e. The zero-order valence-corrected chi connectivity index (χ0v) is 19.5. The number of aromatic nitrogens is 3. The number of carbonyl (C=O) groups excluding carboxylic acids is 1. The lowest BCUT2D eigenvalue weighted by atomic mass is 10.1. The Bertz CT molecular complexity index is 1230. The van der Waals surface area contributed by atoms with E-state index in [1.165, 1.54) is 5.56 Å². The van der Waals surface area contributed by atoms with Crippen LogP contribution >= 0.6 is 0 Å². The highest BCUT2D eigenvalue weighted by atomic mass is 16.1. The molecular weight excluding hydrogens is 424 g/mol. The molecule has 0 aliphatic carbocycles.